The van der Waals surface area contributed by atoms with Crippen molar-refractivity contribution in [2.45, 2.75) is 25.8 Å². The van der Waals surface area contributed by atoms with Crippen LogP contribution in [0.2, 0.25) is 0 Å². The first-order chi connectivity index (χ1) is 8.74. The van der Waals surface area contributed by atoms with Crippen molar-refractivity contribution in [3.8, 4) is 6.07 Å². The molecule has 0 N–H and O–H groups in total. The largest absolute Gasteiger partial charge is 0.370 e. The van der Waals surface area contributed by atoms with E-state index in [1.807, 2.05) is 7.05 Å². The number of anilines is 1. The van der Waals surface area contributed by atoms with E-state index in [1.165, 1.54) is 11.3 Å². The van der Waals surface area contributed by atoms with Gasteiger partial charge in [0.25, 0.3) is 0 Å². The summed E-state index contributed by atoms with van der Waals surface area (Å²) >= 11 is 0. The van der Waals surface area contributed by atoms with Gasteiger partial charge in [-0.1, -0.05) is 19.1 Å². The zero-order valence-corrected chi connectivity index (χ0v) is 11.3. The van der Waals surface area contributed by atoms with E-state index < -0.39 is 0 Å². The number of hydrogen-bond donors (Lipinski definition) is 0. The van der Waals surface area contributed by atoms with Crippen LogP contribution >= 0.6 is 0 Å². The van der Waals surface area contributed by atoms with Gasteiger partial charge in [-0.15, -0.1) is 0 Å². The fourth-order valence-electron chi connectivity index (χ4n) is 2.52. The van der Waals surface area contributed by atoms with E-state index >= 15 is 0 Å². The second kappa shape index (κ2) is 5.88. The third kappa shape index (κ3) is 2.83. The summed E-state index contributed by atoms with van der Waals surface area (Å²) in [6.45, 7) is 4.82. The van der Waals surface area contributed by atoms with E-state index in [-0.39, 0.29) is 0 Å². The van der Waals surface area contributed by atoms with Crippen molar-refractivity contribution in [2.75, 3.05) is 31.6 Å². The van der Waals surface area contributed by atoms with E-state index in [9.17, 15) is 0 Å². The van der Waals surface area contributed by atoms with Gasteiger partial charge in [0.1, 0.15) is 0 Å². The molecule has 3 nitrogen and oxygen atoms in total. The molecule has 1 aromatic carbocycles. The van der Waals surface area contributed by atoms with Gasteiger partial charge in [0.2, 0.25) is 0 Å². The van der Waals surface area contributed by atoms with Gasteiger partial charge in [-0.05, 0) is 37.6 Å². The van der Waals surface area contributed by atoms with E-state index in [0.717, 1.165) is 25.9 Å². The molecule has 1 atom stereocenters. The van der Waals surface area contributed by atoms with Crippen LogP contribution in [-0.4, -0.2) is 37.6 Å². The third-order valence-corrected chi connectivity index (χ3v) is 3.82. The van der Waals surface area contributed by atoms with Crippen molar-refractivity contribution in [3.05, 3.63) is 29.8 Å². The highest BCUT2D eigenvalue weighted by Crippen LogP contribution is 2.22. The molecule has 1 aromatic rings. The van der Waals surface area contributed by atoms with Crippen molar-refractivity contribution >= 4 is 5.69 Å². The summed E-state index contributed by atoms with van der Waals surface area (Å²) in [5.74, 6) is 0. The van der Waals surface area contributed by atoms with Gasteiger partial charge in [0, 0.05) is 24.8 Å². The van der Waals surface area contributed by atoms with Crippen molar-refractivity contribution < 1.29 is 0 Å². The Kier molecular flexibility index (Phi) is 4.22. The fraction of sp³-hybridized carbons (Fsp3) is 0.533. The second-order valence-electron chi connectivity index (χ2n) is 4.98. The number of hydrogen-bond acceptors (Lipinski definition) is 3. The van der Waals surface area contributed by atoms with Crippen LogP contribution in [0.15, 0.2) is 24.3 Å². The molecule has 3 heteroatoms. The molecule has 18 heavy (non-hydrogen) atoms. The Morgan fingerprint density at radius 2 is 2.11 bits per heavy atom. The Labute approximate surface area is 110 Å². The predicted molar refractivity (Wildman–Crippen MR) is 74.7 cm³/mol. The average molecular weight is 243 g/mol. The molecule has 0 saturated carbocycles. The van der Waals surface area contributed by atoms with E-state index in [2.05, 4.69) is 47.1 Å². The average Bonchev–Trinajstić information content (AvgIpc) is 2.89. The van der Waals surface area contributed by atoms with E-state index in [0.29, 0.717) is 12.6 Å². The quantitative estimate of drug-likeness (QED) is 0.760. The van der Waals surface area contributed by atoms with Crippen LogP contribution in [0.1, 0.15) is 18.9 Å². The van der Waals surface area contributed by atoms with Crippen LogP contribution < -0.4 is 4.90 Å². The van der Waals surface area contributed by atoms with Gasteiger partial charge in [0.05, 0.1) is 12.6 Å². The number of nitriles is 1. The minimum absolute atomic E-state index is 0.510. The SMILES string of the molecule is CCc1ccc(N2CCC(N(C)CC#N)C2)cc1. The van der Waals surface area contributed by atoms with E-state index in [4.69, 9.17) is 5.26 Å². The molecule has 96 valence electrons. The molecule has 1 heterocycles. The van der Waals surface area contributed by atoms with Crippen LogP contribution in [0, 0.1) is 11.3 Å². The molecule has 1 saturated heterocycles. The summed E-state index contributed by atoms with van der Waals surface area (Å²) in [7, 11) is 2.04. The lowest BCUT2D eigenvalue weighted by atomic mass is 10.1. The third-order valence-electron chi connectivity index (χ3n) is 3.82. The first kappa shape index (κ1) is 12.9. The first-order valence-electron chi connectivity index (χ1n) is 6.65. The molecular formula is C15H21N3. The molecule has 1 aliphatic heterocycles. The molecule has 1 unspecified atom stereocenters. The van der Waals surface area contributed by atoms with Crippen molar-refractivity contribution in [2.24, 2.45) is 0 Å². The van der Waals surface area contributed by atoms with Crippen molar-refractivity contribution in [3.63, 3.8) is 0 Å². The zero-order chi connectivity index (χ0) is 13.0. The molecule has 0 bridgehead atoms. The molecular weight excluding hydrogens is 222 g/mol. The summed E-state index contributed by atoms with van der Waals surface area (Å²) < 4.78 is 0. The summed E-state index contributed by atoms with van der Waals surface area (Å²) in [5, 5.41) is 8.73. The summed E-state index contributed by atoms with van der Waals surface area (Å²) in [6, 6.07) is 11.6. The highest BCUT2D eigenvalue weighted by Gasteiger charge is 2.25. The van der Waals surface area contributed by atoms with Crippen molar-refractivity contribution in [1.82, 2.24) is 4.90 Å². The minimum atomic E-state index is 0.510. The summed E-state index contributed by atoms with van der Waals surface area (Å²) in [4.78, 5) is 4.57. The van der Waals surface area contributed by atoms with Crippen LogP contribution in [-0.2, 0) is 6.42 Å². The molecule has 1 fully saturated rings. The number of benzene rings is 1. The van der Waals surface area contributed by atoms with Gasteiger partial charge in [0.15, 0.2) is 0 Å². The summed E-state index contributed by atoms with van der Waals surface area (Å²) in [5.41, 5.74) is 2.69. The molecule has 0 aromatic heterocycles. The van der Waals surface area contributed by atoms with Crippen LogP contribution in [0.25, 0.3) is 0 Å². The number of rotatable bonds is 4. The van der Waals surface area contributed by atoms with Crippen LogP contribution in [0.3, 0.4) is 0 Å². The Balaban J connectivity index is 1.97. The lowest BCUT2D eigenvalue weighted by molar-refractivity contribution is 0.289. The highest BCUT2D eigenvalue weighted by molar-refractivity contribution is 5.48. The number of likely N-dealkylation sites (N-methyl/N-ethyl adjacent to an activating group) is 1. The summed E-state index contributed by atoms with van der Waals surface area (Å²) in [6.07, 6.45) is 2.24. The predicted octanol–water partition coefficient (Wildman–Crippen LogP) is 2.28. The van der Waals surface area contributed by atoms with Gasteiger partial charge in [-0.2, -0.15) is 5.26 Å². The maximum Gasteiger partial charge on any atom is 0.0866 e. The Hall–Kier alpha value is -1.53. The Morgan fingerprint density at radius 3 is 2.72 bits per heavy atom. The minimum Gasteiger partial charge on any atom is -0.370 e. The Bertz CT molecular complexity index is 418. The Morgan fingerprint density at radius 1 is 1.39 bits per heavy atom. The first-order valence-corrected chi connectivity index (χ1v) is 6.65. The second-order valence-corrected chi connectivity index (χ2v) is 4.98. The molecule has 0 aliphatic carbocycles. The van der Waals surface area contributed by atoms with Gasteiger partial charge < -0.3 is 4.90 Å². The number of nitrogens with zero attached hydrogens (tertiary/aromatic N) is 3. The molecule has 1 aliphatic rings. The molecule has 0 radical (unpaired) electrons. The van der Waals surface area contributed by atoms with Crippen LogP contribution in [0.4, 0.5) is 5.69 Å². The topological polar surface area (TPSA) is 30.3 Å². The number of aryl methyl sites for hydroxylation is 1. The monoisotopic (exact) mass is 243 g/mol. The van der Waals surface area contributed by atoms with Crippen LogP contribution in [0.5, 0.6) is 0 Å². The molecule has 0 amide bonds. The molecule has 2 rings (SSSR count). The normalized spacial score (nSPS) is 19.2. The highest BCUT2D eigenvalue weighted by atomic mass is 15.2. The lowest BCUT2D eigenvalue weighted by Gasteiger charge is -2.23. The lowest BCUT2D eigenvalue weighted by Crippen LogP contribution is -2.34. The standard InChI is InChI=1S/C15H21N3/c1-3-13-4-6-14(7-5-13)18-10-8-15(12-18)17(2)11-9-16/h4-7,15H,3,8,10-12H2,1-2H3. The smallest absolute Gasteiger partial charge is 0.0866 e. The van der Waals surface area contributed by atoms with Gasteiger partial charge in [-0.25, -0.2) is 0 Å². The zero-order valence-electron chi connectivity index (χ0n) is 11.3. The van der Waals surface area contributed by atoms with Crippen molar-refractivity contribution in [1.29, 1.82) is 5.26 Å². The van der Waals surface area contributed by atoms with Gasteiger partial charge >= 0.3 is 0 Å². The molecule has 0 spiro atoms. The van der Waals surface area contributed by atoms with Gasteiger partial charge in [-0.3, -0.25) is 4.90 Å². The maximum absolute atomic E-state index is 8.73. The fourth-order valence-corrected chi connectivity index (χ4v) is 2.52. The maximum atomic E-state index is 8.73. The van der Waals surface area contributed by atoms with E-state index in [1.54, 1.807) is 0 Å².